The van der Waals surface area contributed by atoms with E-state index in [2.05, 4.69) is 67.8 Å². The molecule has 2 amide bonds. The van der Waals surface area contributed by atoms with Crippen LogP contribution in [0.5, 0.6) is 5.75 Å². The van der Waals surface area contributed by atoms with Gasteiger partial charge in [0.2, 0.25) is 5.91 Å². The molecule has 2 fully saturated rings. The number of aryl methyl sites for hydroxylation is 1. The fraction of sp³-hybridized carbons (Fsp3) is 0.362. The van der Waals surface area contributed by atoms with Crippen LogP contribution in [0, 0.1) is 11.3 Å². The van der Waals surface area contributed by atoms with Gasteiger partial charge in [-0.25, -0.2) is 0 Å². The van der Waals surface area contributed by atoms with E-state index in [4.69, 9.17) is 36.7 Å². The molecule has 6 heterocycles. The van der Waals surface area contributed by atoms with Crippen molar-refractivity contribution in [3.63, 3.8) is 0 Å². The topological polar surface area (TPSA) is 158 Å². The number of fused-ring (bicyclic) bond motifs is 2. The van der Waals surface area contributed by atoms with Gasteiger partial charge in [0.25, 0.3) is 5.91 Å². The molecule has 0 radical (unpaired) electrons. The zero-order valence-electron chi connectivity index (χ0n) is 34.9. The van der Waals surface area contributed by atoms with E-state index in [9.17, 15) is 9.59 Å². The minimum absolute atomic E-state index is 0.0279. The Balaban J connectivity index is 0.733. The van der Waals surface area contributed by atoms with E-state index in [0.29, 0.717) is 35.1 Å². The maximum Gasteiger partial charge on any atom is 0.272 e. The third kappa shape index (κ3) is 8.82. The van der Waals surface area contributed by atoms with E-state index in [-0.39, 0.29) is 24.0 Å². The summed E-state index contributed by atoms with van der Waals surface area (Å²) in [6.07, 6.45) is 8.70. The molecule has 0 atom stereocenters. The maximum atomic E-state index is 13.0. The van der Waals surface area contributed by atoms with Gasteiger partial charge in [-0.15, -0.1) is 10.2 Å². The molecule has 2 aromatic carbocycles. The number of pyridine rings is 2. The third-order valence-electron chi connectivity index (χ3n) is 12.5. The highest BCUT2D eigenvalue weighted by atomic mass is 35.5. The molecule has 1 N–H and O–H groups in total. The molecule has 0 bridgehead atoms. The van der Waals surface area contributed by atoms with Crippen LogP contribution in [0.3, 0.4) is 0 Å². The second kappa shape index (κ2) is 17.9. The number of ether oxygens (including phenoxy) is 1. The molecule has 1 saturated heterocycles. The van der Waals surface area contributed by atoms with Crippen molar-refractivity contribution in [1.82, 2.24) is 45.1 Å². The van der Waals surface area contributed by atoms with Gasteiger partial charge in [0.15, 0.2) is 11.5 Å². The molecule has 3 aliphatic rings. The second-order valence-corrected chi connectivity index (χ2v) is 16.8. The number of halogens is 1. The normalized spacial score (nSPS) is 18.0. The molecule has 316 valence electrons. The summed E-state index contributed by atoms with van der Waals surface area (Å²) in [5.41, 5.74) is 7.83. The summed E-state index contributed by atoms with van der Waals surface area (Å²) in [6.45, 7) is 7.24. The number of carbonyl (C=O) groups excluding carboxylic acids is 2. The predicted octanol–water partition coefficient (Wildman–Crippen LogP) is 6.40. The Morgan fingerprint density at radius 3 is 2.50 bits per heavy atom. The Labute approximate surface area is 365 Å². The molecule has 6 aromatic rings. The average Bonchev–Trinajstić information content (AvgIpc) is 3.64. The Morgan fingerprint density at radius 2 is 1.77 bits per heavy atom. The lowest BCUT2D eigenvalue weighted by Crippen LogP contribution is -2.47. The van der Waals surface area contributed by atoms with Crippen LogP contribution in [-0.2, 0) is 31.2 Å². The minimum atomic E-state index is -0.217. The van der Waals surface area contributed by atoms with Crippen molar-refractivity contribution >= 4 is 40.0 Å². The maximum absolute atomic E-state index is 13.0. The van der Waals surface area contributed by atoms with E-state index >= 15 is 0 Å². The van der Waals surface area contributed by atoms with E-state index in [1.165, 1.54) is 5.69 Å². The van der Waals surface area contributed by atoms with E-state index in [1.54, 1.807) is 31.2 Å². The zero-order valence-corrected chi connectivity index (χ0v) is 35.7. The van der Waals surface area contributed by atoms with Crippen molar-refractivity contribution in [2.75, 3.05) is 44.2 Å². The number of nitriles is 1. The molecular weight excluding hydrogens is 802 g/mol. The van der Waals surface area contributed by atoms with E-state index in [1.807, 2.05) is 35.1 Å². The number of rotatable bonds is 10. The standard InChI is InChI=1S/C47H48ClN11O3/c1-30(60)59-19-17-44-40(29-59)46(55-56(44)2)38-5-3-4-31-24-43(51-28-39(31)38)33-6-8-34(50-27-33)16-18-57-20-22-58(23-21-57)45-15-14-42(53-54-45)47(61)52-35-9-12-36(13-10-35)62-37-11-7-32(26-49)41(48)25-37/h3-8,11,14-15,24-25,27-28,35-36H,9-10,12-13,16-23,29H2,1-2H3,(H,52,61). The number of hydrogen-bond donors (Lipinski definition) is 1. The number of nitrogens with one attached hydrogen (secondary N) is 1. The lowest BCUT2D eigenvalue weighted by Gasteiger charge is -2.35. The van der Waals surface area contributed by atoms with Gasteiger partial charge < -0.3 is 19.9 Å². The molecule has 1 aliphatic carbocycles. The van der Waals surface area contributed by atoms with Crippen LogP contribution < -0.4 is 15.0 Å². The minimum Gasteiger partial charge on any atom is -0.490 e. The smallest absolute Gasteiger partial charge is 0.272 e. The largest absolute Gasteiger partial charge is 0.490 e. The number of aromatic nitrogens is 6. The average molecular weight is 850 g/mol. The Bertz CT molecular complexity index is 2650. The van der Waals surface area contributed by atoms with Crippen LogP contribution in [0.1, 0.15) is 65.6 Å². The van der Waals surface area contributed by atoms with Gasteiger partial charge in [-0.05, 0) is 73.5 Å². The first-order valence-corrected chi connectivity index (χ1v) is 21.7. The lowest BCUT2D eigenvalue weighted by molar-refractivity contribution is -0.129. The summed E-state index contributed by atoms with van der Waals surface area (Å²) in [7, 11) is 1.98. The van der Waals surface area contributed by atoms with Gasteiger partial charge in [0.1, 0.15) is 11.8 Å². The van der Waals surface area contributed by atoms with Crippen LogP contribution in [0.25, 0.3) is 33.3 Å². The quantitative estimate of drug-likeness (QED) is 0.163. The Hall–Kier alpha value is -6.43. The summed E-state index contributed by atoms with van der Waals surface area (Å²) >= 11 is 6.16. The van der Waals surface area contributed by atoms with Crippen LogP contribution in [-0.4, -0.2) is 103 Å². The van der Waals surface area contributed by atoms with Gasteiger partial charge >= 0.3 is 0 Å². The molecule has 2 aliphatic heterocycles. The van der Waals surface area contributed by atoms with Gasteiger partial charge in [-0.2, -0.15) is 10.4 Å². The van der Waals surface area contributed by atoms with Gasteiger partial charge in [-0.1, -0.05) is 29.8 Å². The first-order valence-electron chi connectivity index (χ1n) is 21.3. The first-order chi connectivity index (χ1) is 30.2. The summed E-state index contributed by atoms with van der Waals surface area (Å²) < 4.78 is 8.05. The van der Waals surface area contributed by atoms with Crippen molar-refractivity contribution in [2.24, 2.45) is 7.05 Å². The van der Waals surface area contributed by atoms with Crippen LogP contribution >= 0.6 is 11.6 Å². The highest BCUT2D eigenvalue weighted by Gasteiger charge is 2.28. The number of carbonyl (C=O) groups is 2. The van der Waals surface area contributed by atoms with Crippen molar-refractivity contribution in [3.05, 3.63) is 112 Å². The summed E-state index contributed by atoms with van der Waals surface area (Å²) in [5, 5.41) is 28.3. The number of amides is 2. The first kappa shape index (κ1) is 40.9. The SMILES string of the molecule is CC(=O)N1CCc2c(c(-c3cccc4cc(-c5ccc(CCN6CCN(c7ccc(C(=O)NC8CCC(Oc9ccc(C#N)c(Cl)c9)CC8)nn7)CC6)nc5)ncc34)nn2C)C1. The fourth-order valence-electron chi connectivity index (χ4n) is 8.86. The van der Waals surface area contributed by atoms with Crippen LogP contribution in [0.15, 0.2) is 79.1 Å². The van der Waals surface area contributed by atoms with Gasteiger partial charge in [0.05, 0.1) is 28.1 Å². The van der Waals surface area contributed by atoms with Crippen molar-refractivity contribution in [2.45, 2.75) is 64.1 Å². The summed E-state index contributed by atoms with van der Waals surface area (Å²) in [6, 6.07) is 23.4. The molecule has 62 heavy (non-hydrogen) atoms. The highest BCUT2D eigenvalue weighted by molar-refractivity contribution is 6.31. The van der Waals surface area contributed by atoms with Crippen LogP contribution in [0.4, 0.5) is 5.82 Å². The number of nitrogens with zero attached hydrogens (tertiary/aromatic N) is 10. The van der Waals surface area contributed by atoms with E-state index < -0.39 is 0 Å². The molecule has 0 spiro atoms. The number of piperazine rings is 1. The molecule has 15 heteroatoms. The highest BCUT2D eigenvalue weighted by Crippen LogP contribution is 2.35. The summed E-state index contributed by atoms with van der Waals surface area (Å²) in [4.78, 5) is 41.5. The molecule has 14 nitrogen and oxygen atoms in total. The van der Waals surface area contributed by atoms with Crippen molar-refractivity contribution < 1.29 is 14.3 Å². The third-order valence-corrected chi connectivity index (χ3v) is 12.8. The number of hydrogen-bond acceptors (Lipinski definition) is 11. The van der Waals surface area contributed by atoms with Gasteiger partial charge in [0, 0.05) is 131 Å². The Kier molecular flexibility index (Phi) is 11.8. The monoisotopic (exact) mass is 849 g/mol. The van der Waals surface area contributed by atoms with E-state index in [0.717, 1.165) is 122 Å². The predicted molar refractivity (Wildman–Crippen MR) is 237 cm³/mol. The van der Waals surface area contributed by atoms with Crippen molar-refractivity contribution in [3.8, 4) is 34.3 Å². The Morgan fingerprint density at radius 1 is 0.935 bits per heavy atom. The zero-order chi connectivity index (χ0) is 42.7. The second-order valence-electron chi connectivity index (χ2n) is 16.4. The number of benzene rings is 2. The number of anilines is 1. The molecule has 0 unspecified atom stereocenters. The summed E-state index contributed by atoms with van der Waals surface area (Å²) in [5.74, 6) is 1.29. The molecule has 1 saturated carbocycles. The lowest BCUT2D eigenvalue weighted by atomic mass is 9.93. The fourth-order valence-corrected chi connectivity index (χ4v) is 9.08. The molecule has 9 rings (SSSR count). The molecule has 4 aromatic heterocycles. The van der Waals surface area contributed by atoms with Gasteiger partial charge in [-0.3, -0.25) is 29.1 Å². The van der Waals surface area contributed by atoms with Crippen molar-refractivity contribution in [1.29, 1.82) is 5.26 Å². The van der Waals surface area contributed by atoms with Crippen LogP contribution in [0.2, 0.25) is 5.02 Å². The molecular formula is C47H48ClN11O3.